The predicted octanol–water partition coefficient (Wildman–Crippen LogP) is 2.68. The molecule has 1 aliphatic heterocycles. The van der Waals surface area contributed by atoms with E-state index in [-0.39, 0.29) is 0 Å². The van der Waals surface area contributed by atoms with Gasteiger partial charge in [-0.15, -0.1) is 0 Å². The van der Waals surface area contributed by atoms with E-state index < -0.39 is 0 Å². The van der Waals surface area contributed by atoms with Crippen LogP contribution in [0.1, 0.15) is 31.4 Å². The molecule has 0 spiro atoms. The van der Waals surface area contributed by atoms with Crippen molar-refractivity contribution < 1.29 is 4.74 Å². The Kier molecular flexibility index (Phi) is 6.72. The van der Waals surface area contributed by atoms with Gasteiger partial charge in [0.1, 0.15) is 0 Å². The van der Waals surface area contributed by atoms with E-state index >= 15 is 0 Å². The molecule has 0 saturated carbocycles. The molecule has 0 atom stereocenters. The van der Waals surface area contributed by atoms with Crippen molar-refractivity contribution in [1.82, 2.24) is 10.2 Å². The normalized spacial score (nSPS) is 15.1. The van der Waals surface area contributed by atoms with Crippen LogP contribution in [0.2, 0.25) is 0 Å². The van der Waals surface area contributed by atoms with Crippen LogP contribution in [0, 0.1) is 5.92 Å². The van der Waals surface area contributed by atoms with Gasteiger partial charge in [-0.3, -0.25) is 4.99 Å². The van der Waals surface area contributed by atoms with E-state index in [1.54, 1.807) is 0 Å². The van der Waals surface area contributed by atoms with Gasteiger partial charge in [0.2, 0.25) is 0 Å². The summed E-state index contributed by atoms with van der Waals surface area (Å²) in [7, 11) is 1.86. The molecule has 0 amide bonds. The van der Waals surface area contributed by atoms with Gasteiger partial charge in [0.25, 0.3) is 0 Å². The average Bonchev–Trinajstić information content (AvgIpc) is 2.53. The largest absolute Gasteiger partial charge is 0.381 e. The van der Waals surface area contributed by atoms with Gasteiger partial charge in [-0.05, 0) is 29.9 Å². The minimum Gasteiger partial charge on any atom is -0.381 e. The summed E-state index contributed by atoms with van der Waals surface area (Å²) >= 11 is 0. The highest BCUT2D eigenvalue weighted by atomic mass is 16.5. The van der Waals surface area contributed by atoms with Crippen molar-refractivity contribution in [2.75, 3.05) is 33.4 Å². The van der Waals surface area contributed by atoms with Crippen LogP contribution in [0.5, 0.6) is 0 Å². The van der Waals surface area contributed by atoms with E-state index in [2.05, 4.69) is 53.3 Å². The van der Waals surface area contributed by atoms with Crippen LogP contribution >= 0.6 is 0 Å². The summed E-state index contributed by atoms with van der Waals surface area (Å²) in [4.78, 5) is 6.75. The van der Waals surface area contributed by atoms with Crippen LogP contribution in [0.3, 0.4) is 0 Å². The Morgan fingerprint density at radius 1 is 1.32 bits per heavy atom. The quantitative estimate of drug-likeness (QED) is 0.499. The smallest absolute Gasteiger partial charge is 0.193 e. The molecule has 2 rings (SSSR count). The summed E-state index contributed by atoms with van der Waals surface area (Å²) in [6, 6.07) is 8.69. The highest BCUT2D eigenvalue weighted by Gasteiger charge is 2.18. The molecule has 4 heteroatoms. The van der Waals surface area contributed by atoms with E-state index in [0.29, 0.717) is 5.92 Å². The molecule has 1 aromatic rings. The lowest BCUT2D eigenvalue weighted by Gasteiger charge is -2.31. The molecule has 0 saturated heterocycles. The summed E-state index contributed by atoms with van der Waals surface area (Å²) in [5.41, 5.74) is 2.88. The zero-order valence-electron chi connectivity index (χ0n) is 14.1. The molecule has 0 aromatic heterocycles. The predicted molar refractivity (Wildman–Crippen MR) is 92.2 cm³/mol. The first-order chi connectivity index (χ1) is 10.7. The number of fused-ring (bicyclic) bond motifs is 1. The van der Waals surface area contributed by atoms with Crippen LogP contribution in [0.15, 0.2) is 29.3 Å². The maximum Gasteiger partial charge on any atom is 0.193 e. The zero-order valence-corrected chi connectivity index (χ0v) is 14.1. The number of hydrogen-bond donors (Lipinski definition) is 1. The van der Waals surface area contributed by atoms with Crippen LogP contribution in [0.25, 0.3) is 0 Å². The van der Waals surface area contributed by atoms with E-state index in [9.17, 15) is 0 Å². The Labute approximate surface area is 134 Å². The summed E-state index contributed by atoms with van der Waals surface area (Å²) < 4.78 is 5.61. The molecule has 0 radical (unpaired) electrons. The number of nitrogens with one attached hydrogen (secondary N) is 1. The lowest BCUT2D eigenvalue weighted by Crippen LogP contribution is -2.44. The molecule has 0 bridgehead atoms. The fourth-order valence-corrected chi connectivity index (χ4v) is 2.70. The first-order valence-corrected chi connectivity index (χ1v) is 8.31. The number of nitrogens with zero attached hydrogens (tertiary/aromatic N) is 2. The second-order valence-corrected chi connectivity index (χ2v) is 6.24. The minimum atomic E-state index is 0.606. The number of guanidine groups is 1. The third kappa shape index (κ3) is 5.02. The molecule has 0 unspecified atom stereocenters. The molecule has 1 heterocycles. The first kappa shape index (κ1) is 16.8. The van der Waals surface area contributed by atoms with Crippen molar-refractivity contribution >= 4 is 5.96 Å². The summed E-state index contributed by atoms with van der Waals surface area (Å²) in [6.45, 7) is 8.88. The van der Waals surface area contributed by atoms with E-state index in [1.807, 2.05) is 7.05 Å². The average molecular weight is 303 g/mol. The molecule has 1 aromatic carbocycles. The second-order valence-electron chi connectivity index (χ2n) is 6.24. The monoisotopic (exact) mass is 303 g/mol. The summed E-state index contributed by atoms with van der Waals surface area (Å²) in [6.07, 6.45) is 2.10. The van der Waals surface area contributed by atoms with Gasteiger partial charge in [0, 0.05) is 39.9 Å². The first-order valence-electron chi connectivity index (χ1n) is 8.31. The number of hydrogen-bond acceptors (Lipinski definition) is 2. The van der Waals surface area contributed by atoms with Crippen molar-refractivity contribution in [3.63, 3.8) is 0 Å². The van der Waals surface area contributed by atoms with E-state index in [0.717, 1.165) is 51.6 Å². The molecule has 22 heavy (non-hydrogen) atoms. The van der Waals surface area contributed by atoms with Crippen LogP contribution in [-0.2, 0) is 17.7 Å². The molecule has 1 aliphatic rings. The van der Waals surface area contributed by atoms with Crippen molar-refractivity contribution in [3.8, 4) is 0 Å². The van der Waals surface area contributed by atoms with Crippen molar-refractivity contribution in [2.45, 2.75) is 33.2 Å². The fraction of sp³-hybridized carbons (Fsp3) is 0.611. The molecule has 0 fully saturated rings. The number of benzene rings is 1. The lowest BCUT2D eigenvalue weighted by molar-refractivity contribution is 0.108. The van der Waals surface area contributed by atoms with Gasteiger partial charge in [-0.1, -0.05) is 38.1 Å². The molecular weight excluding hydrogens is 274 g/mol. The number of rotatable bonds is 6. The van der Waals surface area contributed by atoms with Crippen molar-refractivity contribution in [1.29, 1.82) is 0 Å². The molecular formula is C18H29N3O. The zero-order chi connectivity index (χ0) is 15.8. The highest BCUT2D eigenvalue weighted by molar-refractivity contribution is 5.80. The Morgan fingerprint density at radius 3 is 2.82 bits per heavy atom. The highest BCUT2D eigenvalue weighted by Crippen LogP contribution is 2.18. The number of ether oxygens (including phenoxy) is 1. The Hall–Kier alpha value is -1.55. The molecule has 4 nitrogen and oxygen atoms in total. The van der Waals surface area contributed by atoms with E-state index in [1.165, 1.54) is 11.1 Å². The van der Waals surface area contributed by atoms with Crippen LogP contribution < -0.4 is 5.32 Å². The third-order valence-electron chi connectivity index (χ3n) is 3.84. The molecule has 1 N–H and O–H groups in total. The van der Waals surface area contributed by atoms with E-state index in [4.69, 9.17) is 4.74 Å². The Bertz CT molecular complexity index is 485. The van der Waals surface area contributed by atoms with Gasteiger partial charge in [-0.2, -0.15) is 0 Å². The second kappa shape index (κ2) is 8.79. The van der Waals surface area contributed by atoms with Gasteiger partial charge < -0.3 is 15.0 Å². The van der Waals surface area contributed by atoms with Crippen LogP contribution in [-0.4, -0.2) is 44.2 Å². The minimum absolute atomic E-state index is 0.606. The van der Waals surface area contributed by atoms with Gasteiger partial charge in [0.15, 0.2) is 5.96 Å². The Balaban J connectivity index is 1.74. The lowest BCUT2D eigenvalue weighted by atomic mass is 10.0. The van der Waals surface area contributed by atoms with Crippen LogP contribution in [0.4, 0.5) is 0 Å². The fourth-order valence-electron chi connectivity index (χ4n) is 2.70. The standard InChI is InChI=1S/C18H29N3O/c1-15(2)14-22-12-6-10-20-18(19-3)21-11-9-16-7-4-5-8-17(16)13-21/h4-5,7-8,15H,6,9-14H2,1-3H3,(H,19,20). The SMILES string of the molecule is CN=C(NCCCOCC(C)C)N1CCc2ccccc2C1. The maximum atomic E-state index is 5.61. The van der Waals surface area contributed by atoms with Crippen molar-refractivity contribution in [3.05, 3.63) is 35.4 Å². The van der Waals surface area contributed by atoms with Gasteiger partial charge in [0.05, 0.1) is 0 Å². The topological polar surface area (TPSA) is 36.9 Å². The summed E-state index contributed by atoms with van der Waals surface area (Å²) in [5.74, 6) is 1.60. The molecule has 0 aliphatic carbocycles. The van der Waals surface area contributed by atoms with Gasteiger partial charge in [-0.25, -0.2) is 0 Å². The van der Waals surface area contributed by atoms with Gasteiger partial charge >= 0.3 is 0 Å². The van der Waals surface area contributed by atoms with Crippen molar-refractivity contribution in [2.24, 2.45) is 10.9 Å². The maximum absolute atomic E-state index is 5.61. The Morgan fingerprint density at radius 2 is 2.09 bits per heavy atom. The summed E-state index contributed by atoms with van der Waals surface area (Å²) in [5, 5.41) is 3.45. The molecule has 122 valence electrons. The number of aliphatic imine (C=N–C) groups is 1. The third-order valence-corrected chi connectivity index (χ3v) is 3.84.